The number of fused-ring (bicyclic) bond motifs is 8. The Hall–Kier alpha value is -6.49. The van der Waals surface area contributed by atoms with Crippen molar-refractivity contribution in [3.63, 3.8) is 0 Å². The van der Waals surface area contributed by atoms with Crippen LogP contribution in [0.4, 0.5) is 17.1 Å². The SMILES string of the molecule is c1ccc(C2=NC(c3ccc(N4c5cccc6ccc7c(c56)C45c4ccccc4-c4c5c-7cc5c4sc4ccccc45)cc3)Nc3ccccc32)cc1. The first-order valence-corrected chi connectivity index (χ1v) is 19.2. The first-order valence-electron chi connectivity index (χ1n) is 18.3. The van der Waals surface area contributed by atoms with Gasteiger partial charge in [-0.1, -0.05) is 127 Å². The van der Waals surface area contributed by atoms with Crippen LogP contribution >= 0.6 is 11.3 Å². The van der Waals surface area contributed by atoms with Gasteiger partial charge in [0.25, 0.3) is 0 Å². The molecule has 2 unspecified atom stereocenters. The van der Waals surface area contributed by atoms with Gasteiger partial charge in [0.05, 0.1) is 11.4 Å². The second kappa shape index (κ2) is 9.88. The van der Waals surface area contributed by atoms with E-state index in [1.165, 1.54) is 81.3 Å². The number of para-hydroxylation sites is 1. The molecule has 0 amide bonds. The fraction of sp³-hybridized carbons (Fsp3) is 0.0408. The molecular weight excluding hydrogens is 663 g/mol. The highest BCUT2D eigenvalue weighted by molar-refractivity contribution is 7.26. The van der Waals surface area contributed by atoms with Crippen LogP contribution in [0.15, 0.2) is 169 Å². The van der Waals surface area contributed by atoms with Crippen LogP contribution in [0.3, 0.4) is 0 Å². The van der Waals surface area contributed by atoms with Gasteiger partial charge in [-0.3, -0.25) is 4.99 Å². The van der Waals surface area contributed by atoms with Crippen LogP contribution in [0.2, 0.25) is 0 Å². The summed E-state index contributed by atoms with van der Waals surface area (Å²) in [7, 11) is 0. The van der Waals surface area contributed by atoms with Crippen molar-refractivity contribution in [1.29, 1.82) is 0 Å². The van der Waals surface area contributed by atoms with Crippen molar-refractivity contribution < 1.29 is 0 Å². The number of anilines is 3. The minimum Gasteiger partial charge on any atom is -0.360 e. The highest BCUT2D eigenvalue weighted by Gasteiger charge is 2.60. The molecule has 8 aromatic carbocycles. The van der Waals surface area contributed by atoms with Gasteiger partial charge in [-0.25, -0.2) is 0 Å². The molecule has 1 N–H and O–H groups in total. The molecule has 0 bridgehead atoms. The van der Waals surface area contributed by atoms with Crippen LogP contribution < -0.4 is 10.2 Å². The van der Waals surface area contributed by atoms with Gasteiger partial charge in [0.1, 0.15) is 11.7 Å². The van der Waals surface area contributed by atoms with E-state index in [0.717, 1.165) is 28.1 Å². The largest absolute Gasteiger partial charge is 0.360 e. The van der Waals surface area contributed by atoms with Crippen LogP contribution in [0.1, 0.15) is 39.5 Å². The minimum absolute atomic E-state index is 0.203. The molecule has 53 heavy (non-hydrogen) atoms. The fourth-order valence-electron chi connectivity index (χ4n) is 10.1. The van der Waals surface area contributed by atoms with E-state index in [9.17, 15) is 0 Å². The summed E-state index contributed by atoms with van der Waals surface area (Å²) in [6, 6.07) is 60.5. The van der Waals surface area contributed by atoms with Gasteiger partial charge in [0.2, 0.25) is 0 Å². The number of benzene rings is 8. The van der Waals surface area contributed by atoms with E-state index >= 15 is 0 Å². The number of hydrogen-bond acceptors (Lipinski definition) is 4. The maximum atomic E-state index is 5.33. The summed E-state index contributed by atoms with van der Waals surface area (Å²) in [5, 5.41) is 9.10. The zero-order valence-corrected chi connectivity index (χ0v) is 29.3. The first kappa shape index (κ1) is 28.1. The molecule has 1 aromatic heterocycles. The lowest BCUT2D eigenvalue weighted by molar-refractivity contribution is 0.685. The monoisotopic (exact) mass is 691 g/mol. The van der Waals surface area contributed by atoms with E-state index in [1.54, 1.807) is 0 Å². The van der Waals surface area contributed by atoms with Crippen LogP contribution in [-0.4, -0.2) is 5.71 Å². The molecule has 2 aliphatic carbocycles. The third-order valence-electron chi connectivity index (χ3n) is 12.1. The lowest BCUT2D eigenvalue weighted by atomic mass is 9.83. The summed E-state index contributed by atoms with van der Waals surface area (Å²) >= 11 is 1.94. The van der Waals surface area contributed by atoms with Gasteiger partial charge < -0.3 is 10.2 Å². The molecule has 0 radical (unpaired) electrons. The predicted molar refractivity (Wildman–Crippen MR) is 221 cm³/mol. The molecule has 0 fully saturated rings. The molecule has 1 spiro atoms. The van der Waals surface area contributed by atoms with Crippen LogP contribution in [0.5, 0.6) is 0 Å². The van der Waals surface area contributed by atoms with Crippen LogP contribution in [0.25, 0.3) is 53.2 Å². The number of hydrogen-bond donors (Lipinski definition) is 1. The molecule has 2 aliphatic heterocycles. The number of thiophene rings is 1. The van der Waals surface area contributed by atoms with Crippen molar-refractivity contribution in [2.24, 2.45) is 4.99 Å². The van der Waals surface area contributed by atoms with Crippen molar-refractivity contribution in [3.05, 3.63) is 197 Å². The fourth-order valence-corrected chi connectivity index (χ4v) is 11.3. The Kier molecular flexibility index (Phi) is 5.25. The van der Waals surface area contributed by atoms with E-state index in [2.05, 4.69) is 174 Å². The normalized spacial score (nSPS) is 18.3. The van der Waals surface area contributed by atoms with E-state index in [-0.39, 0.29) is 6.17 Å². The van der Waals surface area contributed by atoms with Crippen molar-refractivity contribution in [2.75, 3.05) is 10.2 Å². The first-order chi connectivity index (χ1) is 26.3. The third kappa shape index (κ3) is 3.39. The van der Waals surface area contributed by atoms with E-state index < -0.39 is 5.54 Å². The smallest absolute Gasteiger partial charge is 0.145 e. The zero-order chi connectivity index (χ0) is 34.4. The molecule has 13 rings (SSSR count). The number of rotatable bonds is 3. The Labute approximate surface area is 310 Å². The summed E-state index contributed by atoms with van der Waals surface area (Å²) in [6.45, 7) is 0. The Bertz CT molecular complexity index is 3100. The molecule has 3 nitrogen and oxygen atoms in total. The topological polar surface area (TPSA) is 27.6 Å². The average molecular weight is 692 g/mol. The summed E-state index contributed by atoms with van der Waals surface area (Å²) in [6.07, 6.45) is -0.203. The summed E-state index contributed by atoms with van der Waals surface area (Å²) in [5.41, 5.74) is 17.2. The second-order valence-corrected chi connectivity index (χ2v) is 15.7. The molecule has 246 valence electrons. The average Bonchev–Trinajstić information content (AvgIpc) is 3.93. The van der Waals surface area contributed by atoms with E-state index in [4.69, 9.17) is 4.99 Å². The van der Waals surface area contributed by atoms with Gasteiger partial charge in [0.15, 0.2) is 0 Å². The Morgan fingerprint density at radius 1 is 0.604 bits per heavy atom. The van der Waals surface area contributed by atoms with Crippen LogP contribution in [-0.2, 0) is 5.54 Å². The van der Waals surface area contributed by atoms with Crippen molar-refractivity contribution >= 4 is 65.1 Å². The number of aliphatic imine (C=N–C) groups is 1. The van der Waals surface area contributed by atoms with Gasteiger partial charge in [-0.2, -0.15) is 0 Å². The minimum atomic E-state index is -0.466. The predicted octanol–water partition coefficient (Wildman–Crippen LogP) is 12.6. The van der Waals surface area contributed by atoms with E-state index in [1.807, 2.05) is 11.3 Å². The molecule has 0 saturated carbocycles. The van der Waals surface area contributed by atoms with Crippen molar-refractivity contribution in [2.45, 2.75) is 11.7 Å². The lowest BCUT2D eigenvalue weighted by Gasteiger charge is -2.39. The molecule has 4 aliphatic rings. The molecular formula is C49H29N3S. The summed E-state index contributed by atoms with van der Waals surface area (Å²) in [4.78, 5) is 8.00. The number of nitrogens with zero attached hydrogens (tertiary/aromatic N) is 2. The summed E-state index contributed by atoms with van der Waals surface area (Å²) < 4.78 is 2.73. The van der Waals surface area contributed by atoms with Crippen molar-refractivity contribution in [1.82, 2.24) is 0 Å². The van der Waals surface area contributed by atoms with Gasteiger partial charge in [-0.05, 0) is 69.6 Å². The maximum absolute atomic E-state index is 5.33. The van der Waals surface area contributed by atoms with Gasteiger partial charge in [-0.15, -0.1) is 11.3 Å². The molecule has 9 aromatic rings. The summed E-state index contributed by atoms with van der Waals surface area (Å²) in [5.74, 6) is 0. The Balaban J connectivity index is 1.04. The third-order valence-corrected chi connectivity index (χ3v) is 13.3. The van der Waals surface area contributed by atoms with Gasteiger partial charge >= 0.3 is 0 Å². The maximum Gasteiger partial charge on any atom is 0.145 e. The Morgan fingerprint density at radius 2 is 1.40 bits per heavy atom. The van der Waals surface area contributed by atoms with Crippen molar-refractivity contribution in [3.8, 4) is 22.3 Å². The highest BCUT2D eigenvalue weighted by atomic mass is 32.1. The van der Waals surface area contributed by atoms with Crippen LogP contribution in [0, 0.1) is 0 Å². The lowest BCUT2D eigenvalue weighted by Crippen LogP contribution is -2.39. The quantitative estimate of drug-likeness (QED) is 0.200. The van der Waals surface area contributed by atoms with Gasteiger partial charge in [0, 0.05) is 64.8 Å². The molecule has 2 atom stereocenters. The molecule has 0 saturated heterocycles. The molecule has 4 heteroatoms. The highest BCUT2D eigenvalue weighted by Crippen LogP contribution is 2.71. The molecule has 3 heterocycles. The Morgan fingerprint density at radius 3 is 2.30 bits per heavy atom. The standard InChI is InChI=1S/C49H29N3S/c1-2-11-29(12-3-1)46-35-16-5-8-18-39(35)50-48(51-46)30-21-24-31(25-22-30)52-40-19-10-13-28-23-26-33-36-27-37-32-14-6-9-20-41(32)53-47(37)43-34-15-4-7-17-38(34)49(52,45(36)43)44(33)42(28)40/h1-27,48,50H. The number of nitrogens with one attached hydrogen (secondary N) is 1. The second-order valence-electron chi connectivity index (χ2n) is 14.6. The van der Waals surface area contributed by atoms with E-state index in [0.29, 0.717) is 0 Å². The zero-order valence-electron chi connectivity index (χ0n) is 28.5.